The normalized spacial score (nSPS) is 12.6. The van der Waals surface area contributed by atoms with Gasteiger partial charge >= 0.3 is 0 Å². The number of rotatable bonds is 52. The van der Waals surface area contributed by atoms with E-state index >= 15 is 0 Å². The van der Waals surface area contributed by atoms with Crippen molar-refractivity contribution in [1.82, 2.24) is 0 Å². The Morgan fingerprint density at radius 2 is 0.400 bits per heavy atom. The summed E-state index contributed by atoms with van der Waals surface area (Å²) >= 11 is 0. The summed E-state index contributed by atoms with van der Waals surface area (Å²) in [5.74, 6) is -1.39. The van der Waals surface area contributed by atoms with Crippen LogP contribution in [0.1, 0.15) is 310 Å². The van der Waals surface area contributed by atoms with Crippen LogP contribution in [0.5, 0.6) is 0 Å². The van der Waals surface area contributed by atoms with Crippen LogP contribution in [0.15, 0.2) is 31.7 Å². The molecule has 0 saturated heterocycles. The van der Waals surface area contributed by atoms with Crippen molar-refractivity contribution >= 4 is 39.3 Å². The van der Waals surface area contributed by atoms with Crippen LogP contribution in [0, 0.1) is 0 Å². The van der Waals surface area contributed by atoms with Crippen molar-refractivity contribution in [2.75, 3.05) is 23.0 Å². The Morgan fingerprint density at radius 1 is 0.229 bits per heavy atom. The molecule has 70 heavy (non-hydrogen) atoms. The van der Waals surface area contributed by atoms with Crippen LogP contribution in [0.25, 0.3) is 0 Å². The van der Waals surface area contributed by atoms with Crippen LogP contribution in [0.4, 0.5) is 0 Å². The van der Waals surface area contributed by atoms with E-state index in [1.165, 1.54) is 135 Å². The molecule has 1 aromatic carbocycles. The highest BCUT2D eigenvalue weighted by atomic mass is 32.2. The molecule has 0 heterocycles. The molecule has 0 aliphatic carbocycles. The first-order valence-electron chi connectivity index (χ1n) is 29.8. The fraction of sp³-hybridized carbons (Fsp3) is 0.897. The summed E-state index contributed by atoms with van der Waals surface area (Å²) in [6.45, 7) is 8.84. The van der Waals surface area contributed by atoms with Gasteiger partial charge in [0, 0.05) is 0 Å². The second kappa shape index (κ2) is 42.3. The van der Waals surface area contributed by atoms with Gasteiger partial charge in [0.05, 0.1) is 37.7 Å². The van der Waals surface area contributed by atoms with E-state index in [0.717, 1.165) is 108 Å². The van der Waals surface area contributed by atoms with E-state index < -0.39 is 64.7 Å². The van der Waals surface area contributed by atoms with E-state index in [4.69, 9.17) is 0 Å². The van der Waals surface area contributed by atoms with Crippen molar-refractivity contribution in [2.24, 2.45) is 0 Å². The van der Waals surface area contributed by atoms with Gasteiger partial charge in [0.1, 0.15) is 4.90 Å². The van der Waals surface area contributed by atoms with Gasteiger partial charge in [0.15, 0.2) is 39.3 Å². The van der Waals surface area contributed by atoms with E-state index in [2.05, 4.69) is 27.7 Å². The zero-order valence-corrected chi connectivity index (χ0v) is 49.3. The third-order valence-electron chi connectivity index (χ3n) is 14.4. The highest BCUT2D eigenvalue weighted by Crippen LogP contribution is 2.36. The Hall–Kier alpha value is -0.980. The molecule has 1 aromatic rings. The monoisotopic (exact) mass is 1060 g/mol. The Bertz CT molecular complexity index is 1780. The molecule has 0 saturated carbocycles. The van der Waals surface area contributed by atoms with Gasteiger partial charge in [-0.2, -0.15) is 0 Å². The lowest BCUT2D eigenvalue weighted by Crippen LogP contribution is -2.22. The molecule has 0 aliphatic rings. The summed E-state index contributed by atoms with van der Waals surface area (Å²) in [6.07, 6.45) is 44.9. The molecule has 0 bridgehead atoms. The van der Waals surface area contributed by atoms with Gasteiger partial charge in [-0.15, -0.1) is 0 Å². The first-order chi connectivity index (χ1) is 33.7. The van der Waals surface area contributed by atoms with Crippen molar-refractivity contribution in [3.63, 3.8) is 0 Å². The van der Waals surface area contributed by atoms with Gasteiger partial charge in [0.2, 0.25) is 0 Å². The topological polar surface area (TPSA) is 137 Å². The third-order valence-corrected chi connectivity index (χ3v) is 22.0. The standard InChI is InChI=1S/C58H110O8S4/c1-5-9-13-17-21-25-29-33-37-41-45-49-67(59,60)55-53-56(68(61,62)50-46-42-38-34-30-26-22-18-14-10-6-2)58(70(65,66)52-48-44-40-36-32-28-24-20-16-12-8-4)57(54-55)69(63,64)51-47-43-39-35-31-27-23-19-15-11-7-3/h53-54H,5-52H2,1-4H3. The molecule has 0 amide bonds. The first-order valence-corrected chi connectivity index (χ1v) is 36.4. The van der Waals surface area contributed by atoms with Crippen molar-refractivity contribution in [2.45, 2.75) is 330 Å². The molecule has 0 N–H and O–H groups in total. The minimum absolute atomic E-state index is 0.259. The average molecular weight is 1060 g/mol. The minimum Gasteiger partial charge on any atom is -0.224 e. The lowest BCUT2D eigenvalue weighted by Gasteiger charge is -2.19. The van der Waals surface area contributed by atoms with Gasteiger partial charge in [-0.1, -0.05) is 285 Å². The highest BCUT2D eigenvalue weighted by Gasteiger charge is 2.36. The number of sulfone groups is 4. The van der Waals surface area contributed by atoms with Gasteiger partial charge in [-0.05, 0) is 37.8 Å². The number of benzene rings is 1. The van der Waals surface area contributed by atoms with Gasteiger partial charge in [-0.3, -0.25) is 0 Å². The van der Waals surface area contributed by atoms with Crippen LogP contribution >= 0.6 is 0 Å². The Morgan fingerprint density at radius 3 is 0.614 bits per heavy atom. The molecular weight excluding hydrogens is 953 g/mol. The molecule has 0 unspecified atom stereocenters. The SMILES string of the molecule is CCCCCCCCCCCCCS(=O)(=O)c1cc(S(=O)(=O)CCCCCCCCCCCCC)c(S(=O)(=O)CCCCCCCCCCCCC)c(S(=O)(=O)CCCCCCCCCCCCC)c1. The molecule has 12 heteroatoms. The Balaban J connectivity index is 3.42. The Kier molecular flexibility index (Phi) is 40.5. The van der Waals surface area contributed by atoms with E-state index in [1.807, 2.05) is 0 Å². The smallest absolute Gasteiger partial charge is 0.180 e. The second-order valence-electron chi connectivity index (χ2n) is 21.2. The van der Waals surface area contributed by atoms with Crippen LogP contribution in [0.3, 0.4) is 0 Å². The number of unbranched alkanes of at least 4 members (excludes halogenated alkanes) is 40. The van der Waals surface area contributed by atoms with Crippen LogP contribution in [0.2, 0.25) is 0 Å². The first kappa shape index (κ1) is 67.0. The summed E-state index contributed by atoms with van der Waals surface area (Å²) in [5.41, 5.74) is 0. The molecule has 0 spiro atoms. The maximum absolute atomic E-state index is 14.6. The minimum atomic E-state index is -4.46. The molecule has 0 fully saturated rings. The molecule has 8 nitrogen and oxygen atoms in total. The zero-order chi connectivity index (χ0) is 51.7. The van der Waals surface area contributed by atoms with E-state index in [1.54, 1.807) is 0 Å². The quantitative estimate of drug-likeness (QED) is 0.0588. The van der Waals surface area contributed by atoms with E-state index in [9.17, 15) is 33.7 Å². The summed E-state index contributed by atoms with van der Waals surface area (Å²) in [5, 5.41) is 0. The van der Waals surface area contributed by atoms with Crippen LogP contribution in [-0.4, -0.2) is 56.7 Å². The Labute approximate surface area is 435 Å². The largest absolute Gasteiger partial charge is 0.224 e. The maximum atomic E-state index is 14.6. The molecular formula is C58H110O8S4. The second-order valence-corrected chi connectivity index (χ2v) is 29.5. The van der Waals surface area contributed by atoms with Crippen molar-refractivity contribution in [1.29, 1.82) is 0 Å². The summed E-state index contributed by atoms with van der Waals surface area (Å²) in [7, 11) is -17.4. The van der Waals surface area contributed by atoms with E-state index in [-0.39, 0.29) is 36.5 Å². The van der Waals surface area contributed by atoms with Crippen LogP contribution in [-0.2, 0) is 39.3 Å². The van der Waals surface area contributed by atoms with Crippen molar-refractivity contribution < 1.29 is 33.7 Å². The molecule has 0 aromatic heterocycles. The van der Waals surface area contributed by atoms with Gasteiger partial charge in [-0.25, -0.2) is 33.7 Å². The summed E-state index contributed by atoms with van der Waals surface area (Å²) in [6, 6.07) is 2.02. The predicted molar refractivity (Wildman–Crippen MR) is 300 cm³/mol. The third kappa shape index (κ3) is 32.4. The maximum Gasteiger partial charge on any atom is 0.180 e. The van der Waals surface area contributed by atoms with Gasteiger partial charge < -0.3 is 0 Å². The fourth-order valence-corrected chi connectivity index (χ4v) is 17.4. The molecule has 0 aliphatic heterocycles. The summed E-state index contributed by atoms with van der Waals surface area (Å²) in [4.78, 5) is -2.37. The number of hydrogen-bond donors (Lipinski definition) is 0. The zero-order valence-electron chi connectivity index (χ0n) is 46.0. The lowest BCUT2D eigenvalue weighted by molar-refractivity contribution is 0.546. The van der Waals surface area contributed by atoms with Crippen molar-refractivity contribution in [3.05, 3.63) is 12.1 Å². The number of hydrogen-bond acceptors (Lipinski definition) is 8. The lowest BCUT2D eigenvalue weighted by atomic mass is 10.1. The van der Waals surface area contributed by atoms with Crippen molar-refractivity contribution in [3.8, 4) is 0 Å². The molecule has 414 valence electrons. The van der Waals surface area contributed by atoms with Gasteiger partial charge in [0.25, 0.3) is 0 Å². The van der Waals surface area contributed by atoms with E-state index in [0.29, 0.717) is 32.1 Å². The van der Waals surface area contributed by atoms with Crippen LogP contribution < -0.4 is 0 Å². The highest BCUT2D eigenvalue weighted by molar-refractivity contribution is 7.96. The predicted octanol–water partition coefficient (Wildman–Crippen LogP) is 18.0. The average Bonchev–Trinajstić information content (AvgIpc) is 3.32. The molecule has 0 radical (unpaired) electrons. The summed E-state index contributed by atoms with van der Waals surface area (Å²) < 4.78 is 116. The fourth-order valence-electron chi connectivity index (χ4n) is 9.77. The molecule has 0 atom stereocenters. The molecule has 1 rings (SSSR count).